The van der Waals surface area contributed by atoms with Gasteiger partial charge in [0.2, 0.25) is 5.88 Å². The van der Waals surface area contributed by atoms with Crippen molar-refractivity contribution in [1.29, 1.82) is 5.26 Å². The van der Waals surface area contributed by atoms with Gasteiger partial charge in [-0.25, -0.2) is 15.4 Å². The van der Waals surface area contributed by atoms with Gasteiger partial charge in [0.25, 0.3) is 11.8 Å². The summed E-state index contributed by atoms with van der Waals surface area (Å²) < 4.78 is 0. The van der Waals surface area contributed by atoms with Crippen LogP contribution in [0.2, 0.25) is 0 Å². The summed E-state index contributed by atoms with van der Waals surface area (Å²) in [4.78, 5) is 31.7. The average molecular weight is 425 g/mol. The molecule has 1 saturated heterocycles. The molecule has 2 amide bonds. The summed E-state index contributed by atoms with van der Waals surface area (Å²) in [5, 5.41) is 24.4. The molecule has 0 bridgehead atoms. The van der Waals surface area contributed by atoms with Crippen LogP contribution in [0.25, 0.3) is 0 Å². The van der Waals surface area contributed by atoms with Gasteiger partial charge >= 0.3 is 0 Å². The van der Waals surface area contributed by atoms with Gasteiger partial charge in [0.1, 0.15) is 18.1 Å². The molecule has 31 heavy (non-hydrogen) atoms. The molecule has 2 unspecified atom stereocenters. The Morgan fingerprint density at radius 1 is 1.45 bits per heavy atom. The molecular weight excluding hydrogens is 398 g/mol. The number of carbonyl (C=O) groups is 2. The summed E-state index contributed by atoms with van der Waals surface area (Å²) in [7, 11) is 0. The number of pyridine rings is 1. The quantitative estimate of drug-likeness (QED) is 0.523. The van der Waals surface area contributed by atoms with Crippen molar-refractivity contribution in [2.45, 2.75) is 58.3 Å². The molecule has 2 fully saturated rings. The Morgan fingerprint density at radius 2 is 2.16 bits per heavy atom. The van der Waals surface area contributed by atoms with E-state index in [9.17, 15) is 20.0 Å². The Labute approximate surface area is 180 Å². The molecule has 0 radical (unpaired) electrons. The van der Waals surface area contributed by atoms with Crippen LogP contribution >= 0.6 is 0 Å². The number of carbonyl (C=O) groups excluding carboxylic acids is 2. The molecule has 10 nitrogen and oxygen atoms in total. The molecular formula is C21H27N7O3. The third kappa shape index (κ3) is 4.01. The molecule has 1 aromatic heterocycles. The summed E-state index contributed by atoms with van der Waals surface area (Å²) in [6.07, 6.45) is 3.02. The Balaban J connectivity index is 1.69. The number of fused-ring (bicyclic) bond motifs is 1. The number of nitrogens with two attached hydrogens (primary N) is 1. The average Bonchev–Trinajstić information content (AvgIpc) is 3.39. The third-order valence-corrected chi connectivity index (χ3v) is 5.57. The number of aliphatic hydroxyl groups is 1. The van der Waals surface area contributed by atoms with E-state index >= 15 is 0 Å². The Hall–Kier alpha value is -3.32. The van der Waals surface area contributed by atoms with E-state index in [1.807, 2.05) is 26.8 Å². The number of nitrogen functional groups attached to an aromatic ring is 1. The molecule has 3 heterocycles. The second-order valence-corrected chi connectivity index (χ2v) is 9.52. The summed E-state index contributed by atoms with van der Waals surface area (Å²) in [6, 6.07) is 3.33. The monoisotopic (exact) mass is 425 g/mol. The number of anilines is 1. The van der Waals surface area contributed by atoms with E-state index in [4.69, 9.17) is 5.73 Å². The fraction of sp³-hybridized carbons (Fsp3) is 0.524. The van der Waals surface area contributed by atoms with Gasteiger partial charge in [-0.15, -0.1) is 0 Å². The topological polar surface area (TPSA) is 148 Å². The lowest BCUT2D eigenvalue weighted by Crippen LogP contribution is -2.58. The Bertz CT molecular complexity index is 1000. The first-order valence-electron chi connectivity index (χ1n) is 10.3. The van der Waals surface area contributed by atoms with E-state index in [2.05, 4.69) is 15.7 Å². The number of nitrogens with zero attached hydrogens (tertiary/aromatic N) is 4. The predicted molar refractivity (Wildman–Crippen MR) is 111 cm³/mol. The smallest absolute Gasteiger partial charge is 0.280 e. The Kier molecular flexibility index (Phi) is 5.01. The zero-order valence-corrected chi connectivity index (χ0v) is 17.8. The second kappa shape index (κ2) is 7.42. The SMILES string of the molecule is CC(C)(C)CN1C(O)=C(C(=O)NC2CC2)C(=O)N2NC(c3cc(C#N)cnc3N)CC12. The minimum absolute atomic E-state index is 0.0493. The van der Waals surface area contributed by atoms with E-state index in [0.717, 1.165) is 12.8 Å². The van der Waals surface area contributed by atoms with Gasteiger partial charge in [0.15, 0.2) is 5.57 Å². The van der Waals surface area contributed by atoms with Crippen molar-refractivity contribution in [1.82, 2.24) is 25.6 Å². The van der Waals surface area contributed by atoms with Crippen LogP contribution in [0.3, 0.4) is 0 Å². The minimum Gasteiger partial charge on any atom is -0.494 e. The molecule has 5 N–H and O–H groups in total. The molecule has 0 aromatic carbocycles. The van der Waals surface area contributed by atoms with Gasteiger partial charge in [-0.2, -0.15) is 5.26 Å². The largest absolute Gasteiger partial charge is 0.494 e. The number of nitrogens with one attached hydrogen (secondary N) is 2. The lowest BCUT2D eigenvalue weighted by atomic mass is 9.94. The molecule has 1 aromatic rings. The number of amides is 2. The van der Waals surface area contributed by atoms with Crippen molar-refractivity contribution in [2.24, 2.45) is 5.41 Å². The predicted octanol–water partition coefficient (Wildman–Crippen LogP) is 1.05. The molecule has 1 saturated carbocycles. The highest BCUT2D eigenvalue weighted by atomic mass is 16.3. The number of aromatic nitrogens is 1. The van der Waals surface area contributed by atoms with E-state index < -0.39 is 24.0 Å². The fourth-order valence-electron chi connectivity index (χ4n) is 3.99. The van der Waals surface area contributed by atoms with Crippen molar-refractivity contribution in [3.8, 4) is 6.07 Å². The highest BCUT2D eigenvalue weighted by molar-refractivity contribution is 6.19. The number of hydrogen-bond acceptors (Lipinski definition) is 8. The normalized spacial score (nSPS) is 23.6. The fourth-order valence-corrected chi connectivity index (χ4v) is 3.99. The standard InChI is InChI=1S/C21H27N7O3/c1-21(2,3)10-27-15-7-14(13-6-11(8-22)9-24-17(13)23)26-28(15)20(31)16(19(27)30)18(29)25-12-4-5-12/h6,9,12,14-15,26,30H,4-5,7,10H2,1-3H3,(H2,23,24)(H,25,29). The van der Waals surface area contributed by atoms with Gasteiger partial charge in [-0.3, -0.25) is 9.59 Å². The number of hydrogen-bond donors (Lipinski definition) is 4. The summed E-state index contributed by atoms with van der Waals surface area (Å²) in [5.41, 5.74) is 9.66. The number of nitriles is 1. The first kappa shape index (κ1) is 20.9. The van der Waals surface area contributed by atoms with Crippen molar-refractivity contribution >= 4 is 17.6 Å². The molecule has 0 spiro atoms. The van der Waals surface area contributed by atoms with Crippen LogP contribution in [-0.2, 0) is 9.59 Å². The maximum atomic E-state index is 13.2. The lowest BCUT2D eigenvalue weighted by molar-refractivity contribution is -0.142. The van der Waals surface area contributed by atoms with Crippen LogP contribution < -0.4 is 16.5 Å². The van der Waals surface area contributed by atoms with Gasteiger partial charge < -0.3 is 21.1 Å². The van der Waals surface area contributed by atoms with Crippen LogP contribution in [0.4, 0.5) is 5.82 Å². The lowest BCUT2D eigenvalue weighted by Gasteiger charge is -2.42. The first-order chi connectivity index (χ1) is 14.6. The highest BCUT2D eigenvalue weighted by Crippen LogP contribution is 2.38. The maximum Gasteiger partial charge on any atom is 0.280 e. The third-order valence-electron chi connectivity index (χ3n) is 5.57. The minimum atomic E-state index is -0.587. The first-order valence-corrected chi connectivity index (χ1v) is 10.3. The van der Waals surface area contributed by atoms with Gasteiger partial charge in [0.05, 0.1) is 11.6 Å². The van der Waals surface area contributed by atoms with E-state index in [-0.39, 0.29) is 28.7 Å². The van der Waals surface area contributed by atoms with Crippen molar-refractivity contribution in [2.75, 3.05) is 12.3 Å². The molecule has 10 heteroatoms. The van der Waals surface area contributed by atoms with Crippen molar-refractivity contribution in [3.63, 3.8) is 0 Å². The van der Waals surface area contributed by atoms with E-state index in [1.54, 1.807) is 11.0 Å². The molecule has 2 atom stereocenters. The summed E-state index contributed by atoms with van der Waals surface area (Å²) in [5.74, 6) is -1.20. The van der Waals surface area contributed by atoms with Crippen molar-refractivity contribution < 1.29 is 14.7 Å². The molecule has 2 aliphatic heterocycles. The molecule has 4 rings (SSSR count). The highest BCUT2D eigenvalue weighted by Gasteiger charge is 2.49. The summed E-state index contributed by atoms with van der Waals surface area (Å²) in [6.45, 7) is 6.48. The van der Waals surface area contributed by atoms with Crippen LogP contribution in [0, 0.1) is 16.7 Å². The zero-order valence-electron chi connectivity index (χ0n) is 17.8. The molecule has 3 aliphatic rings. The zero-order chi connectivity index (χ0) is 22.5. The van der Waals surface area contributed by atoms with Gasteiger partial charge in [0, 0.05) is 30.8 Å². The van der Waals surface area contributed by atoms with Crippen LogP contribution in [0.15, 0.2) is 23.7 Å². The Morgan fingerprint density at radius 3 is 2.77 bits per heavy atom. The van der Waals surface area contributed by atoms with E-state index in [1.165, 1.54) is 11.2 Å². The van der Waals surface area contributed by atoms with Crippen LogP contribution in [0.1, 0.15) is 57.2 Å². The van der Waals surface area contributed by atoms with E-state index in [0.29, 0.717) is 24.1 Å². The molecule has 164 valence electrons. The second-order valence-electron chi connectivity index (χ2n) is 9.52. The van der Waals surface area contributed by atoms with Crippen LogP contribution in [0.5, 0.6) is 0 Å². The maximum absolute atomic E-state index is 13.2. The van der Waals surface area contributed by atoms with Crippen LogP contribution in [-0.4, -0.2) is 50.6 Å². The van der Waals surface area contributed by atoms with Gasteiger partial charge in [-0.05, 0) is 24.3 Å². The summed E-state index contributed by atoms with van der Waals surface area (Å²) >= 11 is 0. The van der Waals surface area contributed by atoms with Crippen molar-refractivity contribution in [3.05, 3.63) is 34.8 Å². The number of rotatable bonds is 4. The molecule has 1 aliphatic carbocycles. The number of hydrazine groups is 1. The number of aliphatic hydroxyl groups excluding tert-OH is 1. The van der Waals surface area contributed by atoms with Gasteiger partial charge in [-0.1, -0.05) is 20.8 Å².